The van der Waals surface area contributed by atoms with Crippen molar-refractivity contribution in [2.75, 3.05) is 7.05 Å². The van der Waals surface area contributed by atoms with Crippen LogP contribution in [0.25, 0.3) is 0 Å². The van der Waals surface area contributed by atoms with Gasteiger partial charge >= 0.3 is 0 Å². The largest absolute Gasteiger partial charge is 0.308 e. The summed E-state index contributed by atoms with van der Waals surface area (Å²) in [6, 6.07) is 11.2. The Labute approximate surface area is 115 Å². The Morgan fingerprint density at radius 1 is 1.32 bits per heavy atom. The summed E-state index contributed by atoms with van der Waals surface area (Å²) in [7, 11) is 4.00. The van der Waals surface area contributed by atoms with E-state index in [1.54, 1.807) is 0 Å². The summed E-state index contributed by atoms with van der Waals surface area (Å²) in [5.41, 5.74) is 4.96. The van der Waals surface area contributed by atoms with Crippen LogP contribution in [0.4, 0.5) is 0 Å². The fraction of sp³-hybridized carbons (Fsp3) is 0.438. The van der Waals surface area contributed by atoms with Crippen molar-refractivity contribution in [3.63, 3.8) is 0 Å². The third-order valence-electron chi connectivity index (χ3n) is 3.45. The molecule has 102 valence electrons. The quantitative estimate of drug-likeness (QED) is 0.892. The Bertz CT molecular complexity index is 543. The number of hydrogen-bond donors (Lipinski definition) is 1. The minimum absolute atomic E-state index is 0.197. The van der Waals surface area contributed by atoms with E-state index in [4.69, 9.17) is 0 Å². The molecule has 1 atom stereocenters. The zero-order chi connectivity index (χ0) is 13.8. The molecule has 0 radical (unpaired) electrons. The van der Waals surface area contributed by atoms with Crippen LogP contribution in [0.3, 0.4) is 0 Å². The molecule has 2 aromatic rings. The van der Waals surface area contributed by atoms with E-state index >= 15 is 0 Å². The number of benzene rings is 1. The third kappa shape index (κ3) is 3.04. The van der Waals surface area contributed by atoms with Crippen molar-refractivity contribution >= 4 is 0 Å². The minimum atomic E-state index is 0.197. The van der Waals surface area contributed by atoms with E-state index < -0.39 is 0 Å². The average molecular weight is 257 g/mol. The Kier molecular flexibility index (Phi) is 4.38. The molecule has 0 aliphatic carbocycles. The van der Waals surface area contributed by atoms with Crippen molar-refractivity contribution < 1.29 is 0 Å². The number of nitrogens with zero attached hydrogens (tertiary/aromatic N) is 2. The van der Waals surface area contributed by atoms with Crippen LogP contribution in [-0.4, -0.2) is 16.8 Å². The van der Waals surface area contributed by atoms with Crippen LogP contribution in [0.5, 0.6) is 0 Å². The van der Waals surface area contributed by atoms with Crippen LogP contribution < -0.4 is 5.32 Å². The van der Waals surface area contributed by atoms with E-state index in [-0.39, 0.29) is 6.04 Å². The van der Waals surface area contributed by atoms with Crippen molar-refractivity contribution in [1.29, 1.82) is 0 Å². The molecule has 0 aliphatic heterocycles. The SMILES string of the molecule is CCCc1cccc(C(NC)c2cc(C)nn2C)c1. The maximum absolute atomic E-state index is 4.44. The van der Waals surface area contributed by atoms with Crippen LogP contribution in [0.15, 0.2) is 30.3 Å². The predicted molar refractivity (Wildman–Crippen MR) is 79.3 cm³/mol. The van der Waals surface area contributed by atoms with Gasteiger partial charge in [0.25, 0.3) is 0 Å². The first-order valence-corrected chi connectivity index (χ1v) is 6.92. The highest BCUT2D eigenvalue weighted by atomic mass is 15.3. The maximum Gasteiger partial charge on any atom is 0.0745 e. The van der Waals surface area contributed by atoms with Crippen LogP contribution >= 0.6 is 0 Å². The second kappa shape index (κ2) is 6.02. The van der Waals surface area contributed by atoms with E-state index in [0.717, 1.165) is 12.1 Å². The summed E-state index contributed by atoms with van der Waals surface area (Å²) in [5, 5.41) is 7.84. The third-order valence-corrected chi connectivity index (χ3v) is 3.45. The van der Waals surface area contributed by atoms with Crippen molar-refractivity contribution in [3.8, 4) is 0 Å². The lowest BCUT2D eigenvalue weighted by Gasteiger charge is -2.18. The summed E-state index contributed by atoms with van der Waals surface area (Å²) >= 11 is 0. The number of hydrogen-bond acceptors (Lipinski definition) is 2. The fourth-order valence-electron chi connectivity index (χ4n) is 2.60. The van der Waals surface area contributed by atoms with Gasteiger partial charge in [0.15, 0.2) is 0 Å². The van der Waals surface area contributed by atoms with Crippen molar-refractivity contribution in [1.82, 2.24) is 15.1 Å². The molecule has 1 N–H and O–H groups in total. The summed E-state index contributed by atoms with van der Waals surface area (Å²) in [5.74, 6) is 0. The number of rotatable bonds is 5. The standard InChI is InChI=1S/C16H23N3/c1-5-7-13-8-6-9-14(11-13)16(17-3)15-10-12(2)18-19(15)4/h6,8-11,16-17H,5,7H2,1-4H3. The lowest BCUT2D eigenvalue weighted by Crippen LogP contribution is -2.20. The van der Waals surface area contributed by atoms with E-state index in [9.17, 15) is 0 Å². The van der Waals surface area contributed by atoms with Gasteiger partial charge in [-0.05, 0) is 37.6 Å². The lowest BCUT2D eigenvalue weighted by atomic mass is 9.99. The Hall–Kier alpha value is -1.61. The predicted octanol–water partition coefficient (Wildman–Crippen LogP) is 2.99. The molecule has 0 amide bonds. The molecule has 3 heteroatoms. The molecule has 0 saturated carbocycles. The van der Waals surface area contributed by atoms with Gasteiger partial charge in [0.05, 0.1) is 17.4 Å². The van der Waals surface area contributed by atoms with Gasteiger partial charge in [0, 0.05) is 7.05 Å². The van der Waals surface area contributed by atoms with Gasteiger partial charge in [-0.2, -0.15) is 5.10 Å². The number of nitrogens with one attached hydrogen (secondary N) is 1. The van der Waals surface area contributed by atoms with Crippen LogP contribution in [0.1, 0.15) is 41.9 Å². The van der Waals surface area contributed by atoms with Crippen LogP contribution in [0.2, 0.25) is 0 Å². The first kappa shape index (κ1) is 13.8. The highest BCUT2D eigenvalue weighted by Crippen LogP contribution is 2.23. The molecule has 0 bridgehead atoms. The molecule has 19 heavy (non-hydrogen) atoms. The molecule has 0 fully saturated rings. The first-order valence-electron chi connectivity index (χ1n) is 6.92. The second-order valence-corrected chi connectivity index (χ2v) is 5.05. The van der Waals surface area contributed by atoms with Crippen LogP contribution in [-0.2, 0) is 13.5 Å². The number of aromatic nitrogens is 2. The molecular weight excluding hydrogens is 234 g/mol. The molecule has 0 aliphatic rings. The zero-order valence-electron chi connectivity index (χ0n) is 12.3. The molecule has 1 aromatic carbocycles. The normalized spacial score (nSPS) is 12.6. The smallest absolute Gasteiger partial charge is 0.0745 e. The summed E-state index contributed by atoms with van der Waals surface area (Å²) in [4.78, 5) is 0. The molecule has 3 nitrogen and oxygen atoms in total. The molecule has 1 heterocycles. The second-order valence-electron chi connectivity index (χ2n) is 5.05. The Balaban J connectivity index is 2.36. The summed E-state index contributed by atoms with van der Waals surface area (Å²) < 4.78 is 1.96. The van der Waals surface area contributed by atoms with E-state index in [2.05, 4.69) is 47.7 Å². The molecule has 0 saturated heterocycles. The lowest BCUT2D eigenvalue weighted by molar-refractivity contribution is 0.604. The van der Waals surface area contributed by atoms with Gasteiger partial charge in [-0.15, -0.1) is 0 Å². The van der Waals surface area contributed by atoms with Gasteiger partial charge < -0.3 is 5.32 Å². The monoisotopic (exact) mass is 257 g/mol. The highest BCUT2D eigenvalue weighted by Gasteiger charge is 2.16. The summed E-state index contributed by atoms with van der Waals surface area (Å²) in [6.07, 6.45) is 2.31. The molecule has 1 unspecified atom stereocenters. The van der Waals surface area contributed by atoms with E-state index in [1.807, 2.05) is 25.7 Å². The molecule has 2 rings (SSSR count). The molecule has 0 spiro atoms. The first-order chi connectivity index (χ1) is 9.15. The average Bonchev–Trinajstić information content (AvgIpc) is 2.71. The Morgan fingerprint density at radius 2 is 2.11 bits per heavy atom. The molecular formula is C16H23N3. The van der Waals surface area contributed by atoms with E-state index in [0.29, 0.717) is 0 Å². The highest BCUT2D eigenvalue weighted by molar-refractivity contribution is 5.32. The topological polar surface area (TPSA) is 29.9 Å². The van der Waals surface area contributed by atoms with Gasteiger partial charge in [-0.25, -0.2) is 0 Å². The zero-order valence-corrected chi connectivity index (χ0v) is 12.3. The van der Waals surface area contributed by atoms with Gasteiger partial charge in [0.2, 0.25) is 0 Å². The Morgan fingerprint density at radius 3 is 2.68 bits per heavy atom. The molecule has 1 aromatic heterocycles. The fourth-order valence-corrected chi connectivity index (χ4v) is 2.60. The summed E-state index contributed by atoms with van der Waals surface area (Å²) in [6.45, 7) is 4.25. The van der Waals surface area contributed by atoms with Crippen molar-refractivity contribution in [2.24, 2.45) is 7.05 Å². The number of aryl methyl sites for hydroxylation is 3. The van der Waals surface area contributed by atoms with Gasteiger partial charge in [0.1, 0.15) is 0 Å². The van der Waals surface area contributed by atoms with Gasteiger partial charge in [-0.1, -0.05) is 37.6 Å². The van der Waals surface area contributed by atoms with Gasteiger partial charge in [-0.3, -0.25) is 4.68 Å². The minimum Gasteiger partial charge on any atom is -0.308 e. The van der Waals surface area contributed by atoms with Crippen molar-refractivity contribution in [3.05, 3.63) is 52.8 Å². The van der Waals surface area contributed by atoms with Crippen molar-refractivity contribution in [2.45, 2.75) is 32.7 Å². The maximum atomic E-state index is 4.44. The van der Waals surface area contributed by atoms with Crippen LogP contribution in [0, 0.1) is 6.92 Å². The van der Waals surface area contributed by atoms with E-state index in [1.165, 1.54) is 23.2 Å².